The molecule has 2 amide bonds. The van der Waals surface area contributed by atoms with Gasteiger partial charge in [-0.3, -0.25) is 14.6 Å². The third-order valence-electron chi connectivity index (χ3n) is 6.93. The summed E-state index contributed by atoms with van der Waals surface area (Å²) in [7, 11) is 0. The Labute approximate surface area is 199 Å². The number of pyridine rings is 1. The molecule has 0 saturated carbocycles. The molecule has 170 valence electrons. The fourth-order valence-corrected chi connectivity index (χ4v) is 5.99. The molecule has 2 aromatic heterocycles. The summed E-state index contributed by atoms with van der Waals surface area (Å²) in [5, 5.41) is 2.12. The van der Waals surface area contributed by atoms with Crippen molar-refractivity contribution in [1.82, 2.24) is 14.8 Å². The van der Waals surface area contributed by atoms with E-state index >= 15 is 0 Å². The SMILES string of the molecule is Cc1ccc(C2c3ccsc3CCN2C(=O)CCC(=O)N2CCC(c3cccnc3)C2)cc1. The van der Waals surface area contributed by atoms with Crippen LogP contribution in [0.2, 0.25) is 0 Å². The average Bonchev–Trinajstić information content (AvgIpc) is 3.53. The first kappa shape index (κ1) is 21.8. The molecule has 5 rings (SSSR count). The standard InChI is InChI=1S/C27H29N3O2S/c1-19-4-6-20(7-5-19)27-23-12-16-33-24(23)11-15-30(27)26(32)9-8-25(31)29-14-10-22(18-29)21-3-2-13-28-17-21/h2-7,12-13,16-17,22,27H,8-11,14-15,18H2,1H3. The van der Waals surface area contributed by atoms with Gasteiger partial charge in [0, 0.05) is 55.7 Å². The van der Waals surface area contributed by atoms with Crippen molar-refractivity contribution in [2.24, 2.45) is 0 Å². The monoisotopic (exact) mass is 459 g/mol. The lowest BCUT2D eigenvalue weighted by molar-refractivity contribution is -0.137. The number of hydrogen-bond donors (Lipinski definition) is 0. The van der Waals surface area contributed by atoms with Crippen LogP contribution < -0.4 is 0 Å². The molecule has 33 heavy (non-hydrogen) atoms. The second-order valence-corrected chi connectivity index (χ2v) is 10.1. The number of hydrogen-bond acceptors (Lipinski definition) is 4. The van der Waals surface area contributed by atoms with Crippen molar-refractivity contribution in [1.29, 1.82) is 0 Å². The lowest BCUT2D eigenvalue weighted by atomic mass is 9.92. The number of rotatable bonds is 5. The number of benzene rings is 1. The molecule has 1 fully saturated rings. The van der Waals surface area contributed by atoms with E-state index < -0.39 is 0 Å². The molecule has 2 atom stereocenters. The van der Waals surface area contributed by atoms with E-state index in [0.29, 0.717) is 19.0 Å². The summed E-state index contributed by atoms with van der Waals surface area (Å²) in [4.78, 5) is 35.7. The minimum atomic E-state index is -0.0649. The molecular weight excluding hydrogens is 430 g/mol. The Morgan fingerprint density at radius 1 is 1.03 bits per heavy atom. The molecule has 0 radical (unpaired) electrons. The molecule has 1 aromatic carbocycles. The average molecular weight is 460 g/mol. The molecule has 4 heterocycles. The Hall–Kier alpha value is -2.99. The number of likely N-dealkylation sites (tertiary alicyclic amines) is 1. The van der Waals surface area contributed by atoms with Gasteiger partial charge in [0.25, 0.3) is 0 Å². The Morgan fingerprint density at radius 3 is 2.64 bits per heavy atom. The molecule has 1 saturated heterocycles. The van der Waals surface area contributed by atoms with Crippen LogP contribution in [0.4, 0.5) is 0 Å². The molecule has 5 nitrogen and oxygen atoms in total. The number of thiophene rings is 1. The molecule has 3 aromatic rings. The molecular formula is C27H29N3O2S. The van der Waals surface area contributed by atoms with Crippen molar-refractivity contribution in [3.63, 3.8) is 0 Å². The number of carbonyl (C=O) groups is 2. The number of fused-ring (bicyclic) bond motifs is 1. The zero-order chi connectivity index (χ0) is 22.8. The molecule has 0 aliphatic carbocycles. The molecule has 0 N–H and O–H groups in total. The summed E-state index contributed by atoms with van der Waals surface area (Å²) in [6.07, 6.45) is 6.03. The summed E-state index contributed by atoms with van der Waals surface area (Å²) in [5.41, 5.74) is 4.76. The fraction of sp³-hybridized carbons (Fsp3) is 0.370. The van der Waals surface area contributed by atoms with E-state index in [1.165, 1.54) is 21.6 Å². The lowest BCUT2D eigenvalue weighted by Gasteiger charge is -2.36. The van der Waals surface area contributed by atoms with Crippen LogP contribution in [0, 0.1) is 6.92 Å². The van der Waals surface area contributed by atoms with Gasteiger partial charge in [-0.1, -0.05) is 35.9 Å². The van der Waals surface area contributed by atoms with Gasteiger partial charge in [-0.25, -0.2) is 0 Å². The minimum Gasteiger partial charge on any atom is -0.342 e. The predicted octanol–water partition coefficient (Wildman–Crippen LogP) is 4.72. The van der Waals surface area contributed by atoms with Gasteiger partial charge in [0.15, 0.2) is 0 Å². The van der Waals surface area contributed by atoms with Gasteiger partial charge >= 0.3 is 0 Å². The van der Waals surface area contributed by atoms with Gasteiger partial charge in [-0.05, 0) is 54.0 Å². The smallest absolute Gasteiger partial charge is 0.223 e. The van der Waals surface area contributed by atoms with Crippen LogP contribution >= 0.6 is 11.3 Å². The topological polar surface area (TPSA) is 53.5 Å². The first-order valence-electron chi connectivity index (χ1n) is 11.7. The second kappa shape index (κ2) is 9.48. The van der Waals surface area contributed by atoms with Gasteiger partial charge in [-0.15, -0.1) is 11.3 Å². The summed E-state index contributed by atoms with van der Waals surface area (Å²) in [6, 6.07) is 14.6. The highest BCUT2D eigenvalue weighted by molar-refractivity contribution is 7.10. The Balaban J connectivity index is 1.24. The largest absolute Gasteiger partial charge is 0.342 e. The van der Waals surface area contributed by atoms with Crippen LogP contribution in [-0.2, 0) is 16.0 Å². The molecule has 2 aliphatic rings. The highest BCUT2D eigenvalue weighted by Gasteiger charge is 2.33. The predicted molar refractivity (Wildman–Crippen MR) is 130 cm³/mol. The minimum absolute atomic E-state index is 0.0637. The van der Waals surface area contributed by atoms with Crippen LogP contribution in [0.5, 0.6) is 0 Å². The number of nitrogens with zero attached hydrogens (tertiary/aromatic N) is 3. The van der Waals surface area contributed by atoms with E-state index in [-0.39, 0.29) is 30.7 Å². The van der Waals surface area contributed by atoms with E-state index in [1.807, 2.05) is 22.1 Å². The Bertz CT molecular complexity index is 1130. The van der Waals surface area contributed by atoms with Crippen LogP contribution in [0.15, 0.2) is 60.2 Å². The summed E-state index contributed by atoms with van der Waals surface area (Å²) < 4.78 is 0. The summed E-state index contributed by atoms with van der Waals surface area (Å²) >= 11 is 1.77. The zero-order valence-electron chi connectivity index (χ0n) is 18.9. The van der Waals surface area contributed by atoms with Crippen LogP contribution in [0.25, 0.3) is 0 Å². The van der Waals surface area contributed by atoms with Gasteiger partial charge in [0.05, 0.1) is 6.04 Å². The van der Waals surface area contributed by atoms with Crippen molar-refractivity contribution in [2.75, 3.05) is 19.6 Å². The Kier molecular flexibility index (Phi) is 6.27. The van der Waals surface area contributed by atoms with E-state index in [2.05, 4.69) is 53.7 Å². The lowest BCUT2D eigenvalue weighted by Crippen LogP contribution is -2.40. The van der Waals surface area contributed by atoms with Crippen molar-refractivity contribution in [3.05, 3.63) is 87.4 Å². The zero-order valence-corrected chi connectivity index (χ0v) is 19.8. The number of amides is 2. The van der Waals surface area contributed by atoms with E-state index in [0.717, 1.165) is 24.9 Å². The van der Waals surface area contributed by atoms with Gasteiger partial charge in [0.1, 0.15) is 0 Å². The number of aromatic nitrogens is 1. The number of aryl methyl sites for hydroxylation is 1. The van der Waals surface area contributed by atoms with E-state index in [4.69, 9.17) is 0 Å². The fourth-order valence-electron chi connectivity index (χ4n) is 5.09. The number of carbonyl (C=O) groups excluding carboxylic acids is 2. The van der Waals surface area contributed by atoms with Crippen LogP contribution in [0.3, 0.4) is 0 Å². The highest BCUT2D eigenvalue weighted by Crippen LogP contribution is 2.38. The van der Waals surface area contributed by atoms with Crippen molar-refractivity contribution in [2.45, 2.75) is 44.6 Å². The molecule has 6 heteroatoms. The van der Waals surface area contributed by atoms with Crippen LogP contribution in [-0.4, -0.2) is 46.2 Å². The maximum Gasteiger partial charge on any atom is 0.223 e. The molecule has 2 unspecified atom stereocenters. The van der Waals surface area contributed by atoms with Gasteiger partial charge in [0.2, 0.25) is 11.8 Å². The Morgan fingerprint density at radius 2 is 1.85 bits per heavy atom. The quantitative estimate of drug-likeness (QED) is 0.555. The van der Waals surface area contributed by atoms with Gasteiger partial charge in [-0.2, -0.15) is 0 Å². The molecule has 2 aliphatic heterocycles. The maximum absolute atomic E-state index is 13.3. The first-order chi connectivity index (χ1) is 16.1. The van der Waals surface area contributed by atoms with Gasteiger partial charge < -0.3 is 9.80 Å². The maximum atomic E-state index is 13.3. The first-order valence-corrected chi connectivity index (χ1v) is 12.6. The normalized spacial score (nSPS) is 20.0. The van der Waals surface area contributed by atoms with E-state index in [9.17, 15) is 9.59 Å². The van der Waals surface area contributed by atoms with Crippen molar-refractivity contribution < 1.29 is 9.59 Å². The highest BCUT2D eigenvalue weighted by atomic mass is 32.1. The van der Waals surface area contributed by atoms with Crippen LogP contribution in [0.1, 0.15) is 58.4 Å². The second-order valence-electron chi connectivity index (χ2n) is 9.06. The summed E-state index contributed by atoms with van der Waals surface area (Å²) in [6.45, 7) is 4.24. The third-order valence-corrected chi connectivity index (χ3v) is 7.93. The summed E-state index contributed by atoms with van der Waals surface area (Å²) in [5.74, 6) is 0.479. The molecule has 0 spiro atoms. The van der Waals surface area contributed by atoms with Crippen molar-refractivity contribution >= 4 is 23.2 Å². The van der Waals surface area contributed by atoms with E-state index in [1.54, 1.807) is 17.5 Å². The molecule has 0 bridgehead atoms. The van der Waals surface area contributed by atoms with Crippen molar-refractivity contribution in [3.8, 4) is 0 Å². The third kappa shape index (κ3) is 4.58.